The summed E-state index contributed by atoms with van der Waals surface area (Å²) in [6, 6.07) is 0. The molecule has 0 saturated heterocycles. The van der Waals surface area contributed by atoms with E-state index >= 15 is 0 Å². The number of nitrogens with zero attached hydrogens (tertiary/aromatic N) is 1. The molecule has 0 aliphatic carbocycles. The average Bonchev–Trinajstić information content (AvgIpc) is 2.06. The van der Waals surface area contributed by atoms with Gasteiger partial charge in [-0.2, -0.15) is 0 Å². The van der Waals surface area contributed by atoms with E-state index in [2.05, 4.69) is 26.2 Å². The smallest absolute Gasteiger partial charge is 0.0413 e. The Labute approximate surface area is 98.5 Å². The molecule has 1 aromatic heterocycles. The quantitative estimate of drug-likeness (QED) is 0.791. The maximum Gasteiger partial charge on any atom is 0.0413 e. The van der Waals surface area contributed by atoms with Crippen LogP contribution in [0, 0.1) is 0 Å². The van der Waals surface area contributed by atoms with Gasteiger partial charge in [0.1, 0.15) is 0 Å². The Bertz CT molecular complexity index is 281. The Balaban J connectivity index is 0.000000720. The molecule has 0 bridgehead atoms. The van der Waals surface area contributed by atoms with Gasteiger partial charge in [0, 0.05) is 23.4 Å². The van der Waals surface area contributed by atoms with Crippen molar-refractivity contribution in [1.29, 1.82) is 0 Å². The normalized spacial score (nSPS) is 13.6. The lowest BCUT2D eigenvalue weighted by Gasteiger charge is -2.17. The fourth-order valence-corrected chi connectivity index (χ4v) is 1.86. The molecule has 0 radical (unpaired) electrons. The van der Waals surface area contributed by atoms with E-state index in [1.807, 2.05) is 12.4 Å². The van der Waals surface area contributed by atoms with Crippen LogP contribution in [0.25, 0.3) is 0 Å². The summed E-state index contributed by atoms with van der Waals surface area (Å²) in [7, 11) is 0. The van der Waals surface area contributed by atoms with Gasteiger partial charge in [-0.15, -0.1) is 24.8 Å². The predicted molar refractivity (Wildman–Crippen MR) is 61.8 cm³/mol. The predicted octanol–water partition coefficient (Wildman–Crippen LogP) is 2.33. The summed E-state index contributed by atoms with van der Waals surface area (Å²) >= 11 is 3.48. The Morgan fingerprint density at radius 3 is 2.77 bits per heavy atom. The molecule has 74 valence electrons. The molecule has 1 aliphatic rings. The highest BCUT2D eigenvalue weighted by atomic mass is 79.9. The first-order valence-electron chi connectivity index (χ1n) is 3.70. The largest absolute Gasteiger partial charge is 0.312 e. The van der Waals surface area contributed by atoms with Gasteiger partial charge in [-0.3, -0.25) is 4.98 Å². The van der Waals surface area contributed by atoms with Gasteiger partial charge in [0.25, 0.3) is 0 Å². The van der Waals surface area contributed by atoms with Crippen LogP contribution in [0.2, 0.25) is 0 Å². The molecule has 0 saturated carbocycles. The van der Waals surface area contributed by atoms with E-state index in [0.29, 0.717) is 0 Å². The molecule has 0 aromatic carbocycles. The molecule has 0 unspecified atom stereocenters. The van der Waals surface area contributed by atoms with Crippen molar-refractivity contribution in [3.8, 4) is 0 Å². The van der Waals surface area contributed by atoms with Crippen molar-refractivity contribution < 1.29 is 0 Å². The third kappa shape index (κ3) is 2.81. The summed E-state index contributed by atoms with van der Waals surface area (Å²) in [6.45, 7) is 2.05. The zero-order valence-electron chi connectivity index (χ0n) is 6.92. The van der Waals surface area contributed by atoms with E-state index < -0.39 is 0 Å². The molecule has 2 heterocycles. The molecule has 5 heteroatoms. The standard InChI is InChI=1S/C8H9BrN2.2ClH/c9-8-5-11-3-6-1-2-10-4-7(6)8;;/h3,5,10H,1-2,4H2;2*1H. The molecule has 0 spiro atoms. The highest BCUT2D eigenvalue weighted by Gasteiger charge is 2.10. The van der Waals surface area contributed by atoms with E-state index in [4.69, 9.17) is 0 Å². The van der Waals surface area contributed by atoms with Gasteiger partial charge in [0.05, 0.1) is 0 Å². The van der Waals surface area contributed by atoms with Crippen molar-refractivity contribution in [2.24, 2.45) is 0 Å². The molecule has 0 fully saturated rings. The van der Waals surface area contributed by atoms with Crippen LogP contribution in [0.15, 0.2) is 16.9 Å². The number of hydrogen-bond donors (Lipinski definition) is 1. The zero-order chi connectivity index (χ0) is 7.68. The van der Waals surface area contributed by atoms with Crippen LogP contribution in [0.5, 0.6) is 0 Å². The summed E-state index contributed by atoms with van der Waals surface area (Å²) in [5.74, 6) is 0. The van der Waals surface area contributed by atoms with E-state index in [1.54, 1.807) is 0 Å². The molecule has 0 amide bonds. The molecule has 0 atom stereocenters. The van der Waals surface area contributed by atoms with Crippen LogP contribution in [-0.4, -0.2) is 11.5 Å². The second kappa shape index (κ2) is 5.81. The van der Waals surface area contributed by atoms with Gasteiger partial charge in [0.2, 0.25) is 0 Å². The minimum absolute atomic E-state index is 0. The number of aromatic nitrogens is 1. The first-order chi connectivity index (χ1) is 5.38. The van der Waals surface area contributed by atoms with Crippen LogP contribution in [0.4, 0.5) is 0 Å². The number of hydrogen-bond acceptors (Lipinski definition) is 2. The van der Waals surface area contributed by atoms with Crippen LogP contribution in [0.3, 0.4) is 0 Å². The number of halogens is 3. The Hall–Kier alpha value is 0.170. The van der Waals surface area contributed by atoms with Crippen LogP contribution >= 0.6 is 40.7 Å². The monoisotopic (exact) mass is 284 g/mol. The molecular formula is C8H11BrCl2N2. The van der Waals surface area contributed by atoms with Crippen molar-refractivity contribution in [3.05, 3.63) is 28.0 Å². The summed E-state index contributed by atoms with van der Waals surface area (Å²) in [5, 5.41) is 3.32. The minimum Gasteiger partial charge on any atom is -0.312 e. The van der Waals surface area contributed by atoms with E-state index in [-0.39, 0.29) is 24.8 Å². The average molecular weight is 286 g/mol. The first kappa shape index (κ1) is 13.2. The van der Waals surface area contributed by atoms with Crippen molar-refractivity contribution in [3.63, 3.8) is 0 Å². The molecule has 1 N–H and O–H groups in total. The molecule has 13 heavy (non-hydrogen) atoms. The van der Waals surface area contributed by atoms with Gasteiger partial charge in [-0.1, -0.05) is 0 Å². The first-order valence-corrected chi connectivity index (χ1v) is 4.49. The van der Waals surface area contributed by atoms with Crippen molar-refractivity contribution in [1.82, 2.24) is 10.3 Å². The van der Waals surface area contributed by atoms with E-state index in [9.17, 15) is 0 Å². The molecule has 2 rings (SSSR count). The second-order valence-electron chi connectivity index (χ2n) is 2.69. The van der Waals surface area contributed by atoms with Crippen LogP contribution < -0.4 is 5.32 Å². The lowest BCUT2D eigenvalue weighted by molar-refractivity contribution is 0.638. The van der Waals surface area contributed by atoms with Gasteiger partial charge in [-0.05, 0) is 40.0 Å². The van der Waals surface area contributed by atoms with Gasteiger partial charge in [-0.25, -0.2) is 0 Å². The molecule has 1 aliphatic heterocycles. The van der Waals surface area contributed by atoms with E-state index in [1.165, 1.54) is 11.1 Å². The second-order valence-corrected chi connectivity index (χ2v) is 3.54. The lowest BCUT2D eigenvalue weighted by atomic mass is 10.0. The zero-order valence-corrected chi connectivity index (χ0v) is 10.1. The van der Waals surface area contributed by atoms with Gasteiger partial charge < -0.3 is 5.32 Å². The Kier molecular flexibility index (Phi) is 5.88. The summed E-state index contributed by atoms with van der Waals surface area (Å²) < 4.78 is 1.13. The summed E-state index contributed by atoms with van der Waals surface area (Å²) in [6.07, 6.45) is 4.91. The summed E-state index contributed by atoms with van der Waals surface area (Å²) in [5.41, 5.74) is 2.74. The number of rotatable bonds is 0. The molecular weight excluding hydrogens is 275 g/mol. The number of fused-ring (bicyclic) bond motifs is 1. The third-order valence-electron chi connectivity index (χ3n) is 1.97. The SMILES string of the molecule is Brc1cncc2c1CNCC2.Cl.Cl. The third-order valence-corrected chi connectivity index (χ3v) is 2.65. The van der Waals surface area contributed by atoms with Gasteiger partial charge >= 0.3 is 0 Å². The number of nitrogens with one attached hydrogen (secondary N) is 1. The molecule has 2 nitrogen and oxygen atoms in total. The maximum atomic E-state index is 4.12. The topological polar surface area (TPSA) is 24.9 Å². The highest BCUT2D eigenvalue weighted by molar-refractivity contribution is 9.10. The van der Waals surface area contributed by atoms with Crippen molar-refractivity contribution >= 4 is 40.7 Å². The minimum atomic E-state index is 0. The van der Waals surface area contributed by atoms with Crippen LogP contribution in [0.1, 0.15) is 11.1 Å². The highest BCUT2D eigenvalue weighted by Crippen LogP contribution is 2.21. The summed E-state index contributed by atoms with van der Waals surface area (Å²) in [4.78, 5) is 4.12. The van der Waals surface area contributed by atoms with Gasteiger partial charge in [0.15, 0.2) is 0 Å². The fraction of sp³-hybridized carbons (Fsp3) is 0.375. The van der Waals surface area contributed by atoms with Crippen LogP contribution in [-0.2, 0) is 13.0 Å². The van der Waals surface area contributed by atoms with E-state index in [0.717, 1.165) is 24.0 Å². The fourth-order valence-electron chi connectivity index (χ4n) is 1.35. The Morgan fingerprint density at radius 2 is 2.08 bits per heavy atom. The van der Waals surface area contributed by atoms with Crippen molar-refractivity contribution in [2.45, 2.75) is 13.0 Å². The molecule has 1 aromatic rings. The number of pyridine rings is 1. The Morgan fingerprint density at radius 1 is 1.31 bits per heavy atom. The lowest BCUT2D eigenvalue weighted by Crippen LogP contribution is -2.24. The van der Waals surface area contributed by atoms with Crippen molar-refractivity contribution in [2.75, 3.05) is 6.54 Å². The maximum absolute atomic E-state index is 4.12.